The van der Waals surface area contributed by atoms with E-state index in [1.807, 2.05) is 54.1 Å². The summed E-state index contributed by atoms with van der Waals surface area (Å²) in [7, 11) is 0. The molecule has 2 aliphatic heterocycles. The molecule has 2 saturated heterocycles. The molecule has 17 heteroatoms. The fourth-order valence-corrected chi connectivity index (χ4v) is 6.57. The van der Waals surface area contributed by atoms with Crippen molar-refractivity contribution < 1.29 is 28.6 Å². The number of hydrogen-bond acceptors (Lipinski definition) is 14. The summed E-state index contributed by atoms with van der Waals surface area (Å²) in [6.07, 6.45) is 12.6. The van der Waals surface area contributed by atoms with E-state index in [9.17, 15) is 19.2 Å². The number of fused-ring (bicyclic) bond motifs is 1. The number of likely N-dealkylation sites (tertiary alicyclic amines) is 2. The molecule has 2 aliphatic rings. The van der Waals surface area contributed by atoms with Gasteiger partial charge in [-0.3, -0.25) is 9.36 Å². The van der Waals surface area contributed by atoms with Crippen molar-refractivity contribution in [3.05, 3.63) is 46.5 Å². The van der Waals surface area contributed by atoms with Gasteiger partial charge in [0.1, 0.15) is 22.7 Å². The number of esters is 1. The highest BCUT2D eigenvalue weighted by atomic mass is 32.2. The number of rotatable bonds is 8. The first-order valence-electron chi connectivity index (χ1n) is 18.4. The van der Waals surface area contributed by atoms with Gasteiger partial charge >= 0.3 is 18.2 Å². The number of anilines is 1. The summed E-state index contributed by atoms with van der Waals surface area (Å²) >= 11 is 2.90. The normalized spacial score (nSPS) is 15.7. The number of nitrogens with one attached hydrogen (secondary N) is 1. The zero-order valence-corrected chi connectivity index (χ0v) is 34.9. The Morgan fingerprint density at radius 2 is 1.38 bits per heavy atom. The number of hydrogen-bond donors (Lipinski definition) is 1. The van der Waals surface area contributed by atoms with Crippen LogP contribution in [0.1, 0.15) is 85.8 Å². The summed E-state index contributed by atoms with van der Waals surface area (Å²) in [5.74, 6) is 0.263. The summed E-state index contributed by atoms with van der Waals surface area (Å²) in [4.78, 5) is 69.7. The topological polar surface area (TPSA) is 171 Å². The molecule has 0 radical (unpaired) electrons. The highest BCUT2D eigenvalue weighted by molar-refractivity contribution is 7.98. The van der Waals surface area contributed by atoms with Crippen molar-refractivity contribution in [1.82, 2.24) is 34.3 Å². The number of amides is 2. The van der Waals surface area contributed by atoms with Crippen LogP contribution in [0.25, 0.3) is 17.1 Å². The summed E-state index contributed by atoms with van der Waals surface area (Å²) < 4.78 is 17.6. The minimum atomic E-state index is -0.508. The Kier molecular flexibility index (Phi) is 15.3. The van der Waals surface area contributed by atoms with Gasteiger partial charge < -0.3 is 29.3 Å². The van der Waals surface area contributed by atoms with Crippen LogP contribution in [0.15, 0.2) is 45.7 Å². The molecular formula is C38H54N8O7S2. The van der Waals surface area contributed by atoms with Crippen LogP contribution in [0.3, 0.4) is 0 Å². The first kappa shape index (κ1) is 43.3. The van der Waals surface area contributed by atoms with Gasteiger partial charge in [-0.05, 0) is 98.8 Å². The van der Waals surface area contributed by atoms with Gasteiger partial charge in [-0.2, -0.15) is 0 Å². The van der Waals surface area contributed by atoms with Crippen molar-refractivity contribution in [2.75, 3.05) is 50.6 Å². The molecule has 0 aromatic carbocycles. The van der Waals surface area contributed by atoms with E-state index in [0.717, 1.165) is 18.2 Å². The molecule has 5 heterocycles. The lowest BCUT2D eigenvalue weighted by molar-refractivity contribution is -0.137. The largest absolute Gasteiger partial charge is 0.463 e. The van der Waals surface area contributed by atoms with Gasteiger partial charge in [0.05, 0.1) is 6.61 Å². The zero-order chi connectivity index (χ0) is 40.3. The van der Waals surface area contributed by atoms with E-state index >= 15 is 0 Å². The number of pyridine rings is 1. The van der Waals surface area contributed by atoms with Crippen molar-refractivity contribution in [3.63, 3.8) is 0 Å². The van der Waals surface area contributed by atoms with Crippen molar-refractivity contribution in [2.24, 2.45) is 0 Å². The Bertz CT molecular complexity index is 1880. The highest BCUT2D eigenvalue weighted by Crippen LogP contribution is 2.27. The van der Waals surface area contributed by atoms with Gasteiger partial charge in [0.15, 0.2) is 10.3 Å². The predicted octanol–water partition coefficient (Wildman–Crippen LogP) is 6.67. The number of ether oxygens (including phenoxy) is 3. The van der Waals surface area contributed by atoms with Crippen molar-refractivity contribution in [3.8, 4) is 0 Å². The lowest BCUT2D eigenvalue weighted by Crippen LogP contribution is -2.44. The third-order valence-corrected chi connectivity index (χ3v) is 9.58. The van der Waals surface area contributed by atoms with E-state index in [-0.39, 0.29) is 29.8 Å². The van der Waals surface area contributed by atoms with Crippen molar-refractivity contribution in [1.29, 1.82) is 0 Å². The molecule has 1 N–H and O–H groups in total. The number of piperidine rings is 2. The average Bonchev–Trinajstić information content (AvgIpc) is 3.13. The number of nitrogens with zero attached hydrogens (tertiary/aromatic N) is 7. The van der Waals surface area contributed by atoms with E-state index in [1.165, 1.54) is 29.6 Å². The molecule has 0 bridgehead atoms. The summed E-state index contributed by atoms with van der Waals surface area (Å²) in [5.41, 5.74) is 0.296. The van der Waals surface area contributed by atoms with E-state index in [1.54, 1.807) is 51.9 Å². The summed E-state index contributed by atoms with van der Waals surface area (Å²) in [5, 5.41) is 5.57. The number of thioether (sulfide) groups is 2. The van der Waals surface area contributed by atoms with Crippen LogP contribution in [0.4, 0.5) is 15.4 Å². The fraction of sp³-hybridized carbons (Fsp3) is 0.579. The first-order valence-corrected chi connectivity index (χ1v) is 20.9. The predicted molar refractivity (Wildman–Crippen MR) is 216 cm³/mol. The molecule has 0 spiro atoms. The van der Waals surface area contributed by atoms with E-state index in [2.05, 4.69) is 25.3 Å². The number of carbonyl (C=O) groups excluding carboxylic acids is 3. The maximum absolute atomic E-state index is 12.5. The van der Waals surface area contributed by atoms with Crippen molar-refractivity contribution >= 4 is 64.6 Å². The molecule has 300 valence electrons. The monoisotopic (exact) mass is 798 g/mol. The summed E-state index contributed by atoms with van der Waals surface area (Å²) in [6.45, 7) is 15.6. The number of carbonyl (C=O) groups is 3. The Morgan fingerprint density at radius 1 is 0.836 bits per heavy atom. The maximum Gasteiger partial charge on any atom is 0.410 e. The van der Waals surface area contributed by atoms with E-state index in [0.29, 0.717) is 73.0 Å². The Balaban J connectivity index is 0.000000246. The molecule has 0 saturated carbocycles. The molecule has 3 aromatic rings. The Morgan fingerprint density at radius 3 is 1.93 bits per heavy atom. The lowest BCUT2D eigenvalue weighted by atomic mass is 10.0. The van der Waals surface area contributed by atoms with Crippen LogP contribution in [0, 0.1) is 0 Å². The van der Waals surface area contributed by atoms with Gasteiger partial charge in [0.25, 0.3) is 5.56 Å². The first-order chi connectivity index (χ1) is 26.0. The highest BCUT2D eigenvalue weighted by Gasteiger charge is 2.30. The van der Waals surface area contributed by atoms with Crippen LogP contribution in [0.2, 0.25) is 0 Å². The van der Waals surface area contributed by atoms with Gasteiger partial charge in [0, 0.05) is 73.7 Å². The van der Waals surface area contributed by atoms with Crippen LogP contribution in [-0.2, 0) is 19.0 Å². The second kappa shape index (κ2) is 19.5. The molecule has 3 aromatic heterocycles. The molecule has 2 fully saturated rings. The van der Waals surface area contributed by atoms with Crippen LogP contribution < -0.4 is 10.9 Å². The standard InChI is InChI=1S/C20H30N4O4S.C18H24N4O3S/c1-6-27-16(25)8-7-14-13-21-18(29-5)23-17(14)22-15-9-11-24(12-10-15)19(26)28-20(2,3)4;1-18(2,3)25-17(24)21-9-7-13(8-10-21)22-14(23)6-5-12-11-19-16(26-4)20-15(12)22/h7-8,13,15H,6,9-12H2,1-5H3,(H,21,22,23);5-6,11,13H,7-10H2,1-4H3/b8-7+;. The smallest absolute Gasteiger partial charge is 0.410 e. The quantitative estimate of drug-likeness (QED) is 0.0842. The van der Waals surface area contributed by atoms with Crippen molar-refractivity contribution in [2.45, 2.75) is 108 Å². The van der Waals surface area contributed by atoms with Gasteiger partial charge in [-0.1, -0.05) is 23.5 Å². The Labute approximate surface area is 331 Å². The van der Waals surface area contributed by atoms with Gasteiger partial charge in [0.2, 0.25) is 0 Å². The molecule has 55 heavy (non-hydrogen) atoms. The SMILES string of the molecule is CCOC(=O)/C=C/c1cnc(SC)nc1NC1CCN(C(=O)OC(C)(C)C)CC1.CSc1ncc2ccc(=O)n(C3CCN(C(=O)OC(C)(C)C)CC3)c2n1. The second-order valence-electron chi connectivity index (χ2n) is 15.0. The number of aromatic nitrogens is 5. The fourth-order valence-electron chi connectivity index (χ4n) is 5.89. The third-order valence-electron chi connectivity index (χ3n) is 8.46. The zero-order valence-electron chi connectivity index (χ0n) is 33.3. The Hall–Kier alpha value is -4.38. The minimum absolute atomic E-state index is 0.00879. The van der Waals surface area contributed by atoms with Crippen LogP contribution >= 0.6 is 23.5 Å². The molecule has 5 rings (SSSR count). The molecule has 0 aliphatic carbocycles. The molecule has 0 unspecified atom stereocenters. The minimum Gasteiger partial charge on any atom is -0.463 e. The third kappa shape index (κ3) is 13.1. The van der Waals surface area contributed by atoms with Crippen LogP contribution in [0.5, 0.6) is 0 Å². The molecular weight excluding hydrogens is 745 g/mol. The average molecular weight is 799 g/mol. The van der Waals surface area contributed by atoms with Gasteiger partial charge in [-0.25, -0.2) is 34.3 Å². The molecule has 2 amide bonds. The van der Waals surface area contributed by atoms with Crippen LogP contribution in [-0.4, -0.2) is 115 Å². The maximum atomic E-state index is 12.5. The molecule has 0 atom stereocenters. The van der Waals surface area contributed by atoms with Gasteiger partial charge in [-0.15, -0.1) is 0 Å². The molecule has 15 nitrogen and oxygen atoms in total. The second-order valence-corrected chi connectivity index (χ2v) is 16.6. The van der Waals surface area contributed by atoms with E-state index < -0.39 is 17.2 Å². The van der Waals surface area contributed by atoms with E-state index in [4.69, 9.17) is 14.2 Å². The summed E-state index contributed by atoms with van der Waals surface area (Å²) in [6, 6.07) is 3.49. The lowest BCUT2D eigenvalue weighted by Gasteiger charge is -2.34.